The predicted octanol–water partition coefficient (Wildman–Crippen LogP) is 3.70. The lowest BCUT2D eigenvalue weighted by Crippen LogP contribution is -2.06. The van der Waals surface area contributed by atoms with E-state index in [0.717, 1.165) is 10.2 Å². The van der Waals surface area contributed by atoms with Gasteiger partial charge in [0.05, 0.1) is 3.79 Å². The van der Waals surface area contributed by atoms with Gasteiger partial charge in [-0.15, -0.1) is 11.3 Å². The highest BCUT2D eigenvalue weighted by atomic mass is 79.9. The van der Waals surface area contributed by atoms with Crippen LogP contribution in [0.25, 0.3) is 0 Å². The van der Waals surface area contributed by atoms with Crippen LogP contribution in [0.4, 0.5) is 10.2 Å². The van der Waals surface area contributed by atoms with Crippen molar-refractivity contribution in [3.8, 4) is 0 Å². The summed E-state index contributed by atoms with van der Waals surface area (Å²) in [6, 6.07) is 7.06. The zero-order chi connectivity index (χ0) is 11.4. The van der Waals surface area contributed by atoms with Gasteiger partial charge in [0.15, 0.2) is 11.6 Å². The fourth-order valence-corrected chi connectivity index (χ4v) is 2.79. The summed E-state index contributed by atoms with van der Waals surface area (Å²) < 4.78 is 14.3. The molecule has 0 atom stereocenters. The molecule has 0 saturated carbocycles. The van der Waals surface area contributed by atoms with Gasteiger partial charge < -0.3 is 5.32 Å². The highest BCUT2D eigenvalue weighted by molar-refractivity contribution is 9.11. The maximum Gasteiger partial charge on any atom is 0.165 e. The molecule has 0 spiro atoms. The zero-order valence-corrected chi connectivity index (χ0v) is 10.8. The first-order chi connectivity index (χ1) is 7.75. The maximum atomic E-state index is 13.2. The Morgan fingerprint density at radius 1 is 1.38 bits per heavy atom. The molecule has 5 heteroatoms. The first-order valence-corrected chi connectivity index (χ1v) is 6.45. The Bertz CT molecular complexity index is 473. The van der Waals surface area contributed by atoms with E-state index in [2.05, 4.69) is 32.3 Å². The average molecular weight is 301 g/mol. The van der Waals surface area contributed by atoms with Gasteiger partial charge in [-0.2, -0.15) is 0 Å². The maximum absolute atomic E-state index is 13.2. The Hall–Kier alpha value is -0.940. The normalized spacial score (nSPS) is 10.4. The van der Waals surface area contributed by atoms with Crippen LogP contribution in [0.5, 0.6) is 0 Å². The molecule has 0 aliphatic heterocycles. The molecule has 0 radical (unpaired) electrons. The molecule has 1 N–H and O–H groups in total. The van der Waals surface area contributed by atoms with Crippen LogP contribution in [0.2, 0.25) is 0 Å². The molecule has 2 aromatic heterocycles. The molecule has 2 rings (SSSR count). The number of hydrogen-bond donors (Lipinski definition) is 1. The van der Waals surface area contributed by atoms with Gasteiger partial charge in [0.2, 0.25) is 0 Å². The van der Waals surface area contributed by atoms with Gasteiger partial charge in [0.25, 0.3) is 0 Å². The third kappa shape index (κ3) is 3.02. The van der Waals surface area contributed by atoms with Crippen molar-refractivity contribution in [1.82, 2.24) is 4.98 Å². The predicted molar refractivity (Wildman–Crippen MR) is 68.4 cm³/mol. The molecule has 2 heterocycles. The Morgan fingerprint density at radius 2 is 2.25 bits per heavy atom. The SMILES string of the molecule is Fc1cccnc1NCCc1ccc(Br)s1. The van der Waals surface area contributed by atoms with Crippen molar-refractivity contribution in [2.75, 3.05) is 11.9 Å². The molecule has 84 valence electrons. The number of hydrogen-bond acceptors (Lipinski definition) is 3. The van der Waals surface area contributed by atoms with Crippen molar-refractivity contribution >= 4 is 33.1 Å². The molecule has 0 aliphatic rings. The number of nitrogens with zero attached hydrogens (tertiary/aromatic N) is 1. The molecule has 0 bridgehead atoms. The van der Waals surface area contributed by atoms with Gasteiger partial charge in [0.1, 0.15) is 0 Å². The van der Waals surface area contributed by atoms with Crippen molar-refractivity contribution in [3.05, 3.63) is 44.9 Å². The molecule has 2 aromatic rings. The van der Waals surface area contributed by atoms with Crippen LogP contribution in [0.3, 0.4) is 0 Å². The fraction of sp³-hybridized carbons (Fsp3) is 0.182. The summed E-state index contributed by atoms with van der Waals surface area (Å²) in [5.41, 5.74) is 0. The first kappa shape index (κ1) is 11.5. The van der Waals surface area contributed by atoms with Crippen molar-refractivity contribution in [3.63, 3.8) is 0 Å². The molecule has 2 nitrogen and oxygen atoms in total. The van der Waals surface area contributed by atoms with E-state index in [1.54, 1.807) is 23.6 Å². The van der Waals surface area contributed by atoms with Crippen LogP contribution in [-0.4, -0.2) is 11.5 Å². The molecule has 0 unspecified atom stereocenters. The van der Waals surface area contributed by atoms with E-state index in [4.69, 9.17) is 0 Å². The van der Waals surface area contributed by atoms with E-state index < -0.39 is 0 Å². The summed E-state index contributed by atoms with van der Waals surface area (Å²) in [4.78, 5) is 5.18. The van der Waals surface area contributed by atoms with E-state index in [-0.39, 0.29) is 5.82 Å². The number of rotatable bonds is 4. The lowest BCUT2D eigenvalue weighted by atomic mass is 10.3. The Kier molecular flexibility index (Phi) is 3.90. The van der Waals surface area contributed by atoms with Crippen molar-refractivity contribution < 1.29 is 4.39 Å². The number of thiophene rings is 1. The van der Waals surface area contributed by atoms with Crippen molar-refractivity contribution in [2.24, 2.45) is 0 Å². The molecule has 0 amide bonds. The molecule has 0 saturated heterocycles. The Balaban J connectivity index is 1.87. The second-order valence-corrected chi connectivity index (χ2v) is 5.76. The van der Waals surface area contributed by atoms with Gasteiger partial charge >= 0.3 is 0 Å². The average Bonchev–Trinajstić information content (AvgIpc) is 2.67. The zero-order valence-electron chi connectivity index (χ0n) is 8.41. The topological polar surface area (TPSA) is 24.9 Å². The minimum absolute atomic E-state index is 0.310. The molecular formula is C11H10BrFN2S. The van der Waals surface area contributed by atoms with Crippen LogP contribution in [-0.2, 0) is 6.42 Å². The number of anilines is 1. The highest BCUT2D eigenvalue weighted by Crippen LogP contribution is 2.22. The Labute approximate surface area is 106 Å². The quantitative estimate of drug-likeness (QED) is 0.931. The van der Waals surface area contributed by atoms with Gasteiger partial charge in [-0.05, 0) is 46.6 Å². The van der Waals surface area contributed by atoms with E-state index in [1.807, 2.05) is 6.07 Å². The molecular weight excluding hydrogens is 291 g/mol. The number of aromatic nitrogens is 1. The minimum atomic E-state index is -0.310. The van der Waals surface area contributed by atoms with Crippen LogP contribution < -0.4 is 5.32 Å². The van der Waals surface area contributed by atoms with Gasteiger partial charge in [-0.25, -0.2) is 9.37 Å². The van der Waals surface area contributed by atoms with Crippen LogP contribution in [0, 0.1) is 5.82 Å². The number of pyridine rings is 1. The lowest BCUT2D eigenvalue weighted by Gasteiger charge is -2.04. The van der Waals surface area contributed by atoms with Crippen LogP contribution >= 0.6 is 27.3 Å². The van der Waals surface area contributed by atoms with Crippen LogP contribution in [0.15, 0.2) is 34.2 Å². The molecule has 16 heavy (non-hydrogen) atoms. The summed E-state index contributed by atoms with van der Waals surface area (Å²) in [5.74, 6) is 0.00739. The summed E-state index contributed by atoms with van der Waals surface area (Å²) in [6.07, 6.45) is 2.44. The fourth-order valence-electron chi connectivity index (χ4n) is 1.31. The smallest absolute Gasteiger partial charge is 0.165 e. The third-order valence-corrected chi connectivity index (χ3v) is 3.73. The third-order valence-electron chi connectivity index (χ3n) is 2.05. The lowest BCUT2D eigenvalue weighted by molar-refractivity contribution is 0.624. The Morgan fingerprint density at radius 3 is 2.94 bits per heavy atom. The van der Waals surface area contributed by atoms with Gasteiger partial charge in [0, 0.05) is 17.6 Å². The molecule has 0 aromatic carbocycles. The summed E-state index contributed by atoms with van der Waals surface area (Å²) in [7, 11) is 0. The standard InChI is InChI=1S/C11H10BrFN2S/c12-10-4-3-8(16-10)5-7-15-11-9(13)2-1-6-14-11/h1-4,6H,5,7H2,(H,14,15). The van der Waals surface area contributed by atoms with E-state index in [9.17, 15) is 4.39 Å². The monoisotopic (exact) mass is 300 g/mol. The van der Waals surface area contributed by atoms with Gasteiger partial charge in [-0.1, -0.05) is 0 Å². The van der Waals surface area contributed by atoms with Gasteiger partial charge in [-0.3, -0.25) is 0 Å². The molecule has 0 aliphatic carbocycles. The van der Waals surface area contributed by atoms with E-state index >= 15 is 0 Å². The molecule has 0 fully saturated rings. The first-order valence-electron chi connectivity index (χ1n) is 4.84. The summed E-state index contributed by atoms with van der Waals surface area (Å²) in [6.45, 7) is 0.681. The largest absolute Gasteiger partial charge is 0.367 e. The summed E-state index contributed by atoms with van der Waals surface area (Å²) >= 11 is 5.10. The highest BCUT2D eigenvalue weighted by Gasteiger charge is 2.02. The van der Waals surface area contributed by atoms with E-state index in [1.165, 1.54) is 10.9 Å². The number of nitrogens with one attached hydrogen (secondary N) is 1. The van der Waals surface area contributed by atoms with Crippen LogP contribution in [0.1, 0.15) is 4.88 Å². The second kappa shape index (κ2) is 5.41. The second-order valence-electron chi connectivity index (χ2n) is 3.22. The van der Waals surface area contributed by atoms with E-state index in [0.29, 0.717) is 12.4 Å². The van der Waals surface area contributed by atoms with Crippen molar-refractivity contribution in [2.45, 2.75) is 6.42 Å². The minimum Gasteiger partial charge on any atom is -0.367 e. The summed E-state index contributed by atoms with van der Waals surface area (Å²) in [5, 5.41) is 2.98. The van der Waals surface area contributed by atoms with Crippen molar-refractivity contribution in [1.29, 1.82) is 0 Å². The number of halogens is 2.